The average Bonchev–Trinajstić information content (AvgIpc) is 3.45. The molecule has 11 nitrogen and oxygen atoms in total. The normalized spacial score (nSPS) is 23.0. The molecular weight excluding hydrogens is 496 g/mol. The molecule has 3 aromatic rings. The minimum atomic E-state index is -0.766. The number of H-pyrrole nitrogens is 1. The van der Waals surface area contributed by atoms with Gasteiger partial charge in [-0.25, -0.2) is 4.98 Å². The van der Waals surface area contributed by atoms with Gasteiger partial charge in [0.05, 0.1) is 17.5 Å². The Labute approximate surface area is 214 Å². The van der Waals surface area contributed by atoms with Crippen LogP contribution in [-0.4, -0.2) is 56.9 Å². The third-order valence-electron chi connectivity index (χ3n) is 7.56. The van der Waals surface area contributed by atoms with Crippen molar-refractivity contribution < 1.29 is 19.2 Å². The maximum Gasteiger partial charge on any atom is 0.287 e. The number of nitrogens with two attached hydrogens (primary N) is 2. The molecule has 12 heteroatoms. The number of benzene rings is 1. The van der Waals surface area contributed by atoms with E-state index in [9.17, 15) is 24.0 Å². The van der Waals surface area contributed by atoms with E-state index in [0.29, 0.717) is 36.1 Å². The van der Waals surface area contributed by atoms with Crippen LogP contribution in [0.3, 0.4) is 0 Å². The Morgan fingerprint density at radius 2 is 1.97 bits per heavy atom. The number of carbonyl (C=O) groups excluding carboxylic acids is 4. The van der Waals surface area contributed by atoms with Gasteiger partial charge in [-0.2, -0.15) is 0 Å². The molecule has 3 aliphatic rings. The Morgan fingerprint density at radius 1 is 1.16 bits per heavy atom. The molecule has 190 valence electrons. The molecule has 0 bridgehead atoms. The van der Waals surface area contributed by atoms with Gasteiger partial charge in [0.2, 0.25) is 23.3 Å². The highest BCUT2D eigenvalue weighted by molar-refractivity contribution is 7.18. The molecule has 2 aromatic heterocycles. The standard InChI is InChI=1S/C25H24N6O5S/c26-17-18(20(33)19(17)32)31-4-3-11-2-1-10(5-13(11)9-31)8-28-24(36)22-29-23(35)16-14-6-12(21(27)34)7-15(14)37-25(16)30-22/h1-2,5,12,17-18H,3-4,6-9,26H2,(H2,27,34)(H,28,36)(H,29,30,35). The van der Waals surface area contributed by atoms with E-state index in [1.165, 1.54) is 11.3 Å². The number of rotatable bonds is 5. The number of carbonyl (C=O) groups is 4. The van der Waals surface area contributed by atoms with Gasteiger partial charge in [-0.05, 0) is 41.5 Å². The summed E-state index contributed by atoms with van der Waals surface area (Å²) in [5, 5.41) is 3.22. The van der Waals surface area contributed by atoms with Crippen LogP contribution in [0, 0.1) is 5.92 Å². The first-order valence-electron chi connectivity index (χ1n) is 12.0. The van der Waals surface area contributed by atoms with Crippen molar-refractivity contribution in [1.82, 2.24) is 20.2 Å². The Kier molecular flexibility index (Phi) is 5.55. The maximum absolute atomic E-state index is 12.8. The first kappa shape index (κ1) is 23.6. The molecule has 2 aliphatic carbocycles. The van der Waals surface area contributed by atoms with E-state index in [0.717, 1.165) is 33.6 Å². The number of thiophene rings is 1. The largest absolute Gasteiger partial charge is 0.369 e. The molecule has 1 aromatic carbocycles. The molecule has 1 fully saturated rings. The van der Waals surface area contributed by atoms with Crippen molar-refractivity contribution in [1.29, 1.82) is 0 Å². The second-order valence-electron chi connectivity index (χ2n) is 9.81. The zero-order chi connectivity index (χ0) is 26.0. The Bertz CT molecular complexity index is 1580. The third-order valence-corrected chi connectivity index (χ3v) is 8.71. The number of aromatic nitrogens is 2. The molecule has 1 saturated carbocycles. The van der Waals surface area contributed by atoms with Crippen LogP contribution in [0.25, 0.3) is 10.2 Å². The van der Waals surface area contributed by atoms with Gasteiger partial charge in [0.1, 0.15) is 4.83 Å². The molecule has 6 N–H and O–H groups in total. The summed E-state index contributed by atoms with van der Waals surface area (Å²) in [4.78, 5) is 70.9. The lowest BCUT2D eigenvalue weighted by Gasteiger charge is -2.41. The van der Waals surface area contributed by atoms with Crippen molar-refractivity contribution in [3.05, 3.63) is 61.5 Å². The van der Waals surface area contributed by atoms with Gasteiger partial charge >= 0.3 is 0 Å². The number of fused-ring (bicyclic) bond motifs is 4. The summed E-state index contributed by atoms with van der Waals surface area (Å²) in [7, 11) is 0. The fourth-order valence-electron chi connectivity index (χ4n) is 5.50. The predicted octanol–water partition coefficient (Wildman–Crippen LogP) is -0.679. The summed E-state index contributed by atoms with van der Waals surface area (Å²) in [6.07, 6.45) is 1.64. The second-order valence-corrected chi connectivity index (χ2v) is 10.9. The van der Waals surface area contributed by atoms with E-state index in [-0.39, 0.29) is 24.2 Å². The molecule has 0 saturated heterocycles. The van der Waals surface area contributed by atoms with E-state index >= 15 is 0 Å². The van der Waals surface area contributed by atoms with Gasteiger partial charge in [0.25, 0.3) is 11.5 Å². The molecule has 3 atom stereocenters. The molecule has 6 rings (SSSR count). The molecular formula is C25H24N6O5S. The first-order valence-corrected chi connectivity index (χ1v) is 12.8. The zero-order valence-corrected chi connectivity index (χ0v) is 20.5. The summed E-state index contributed by atoms with van der Waals surface area (Å²) in [5.41, 5.74) is 14.7. The van der Waals surface area contributed by atoms with Crippen molar-refractivity contribution >= 4 is 44.9 Å². The van der Waals surface area contributed by atoms with Crippen molar-refractivity contribution in [3.63, 3.8) is 0 Å². The molecule has 3 unspecified atom stereocenters. The first-order chi connectivity index (χ1) is 17.7. The highest BCUT2D eigenvalue weighted by atomic mass is 32.1. The number of nitrogens with one attached hydrogen (secondary N) is 2. The third kappa shape index (κ3) is 3.88. The van der Waals surface area contributed by atoms with Crippen LogP contribution in [0.5, 0.6) is 0 Å². The van der Waals surface area contributed by atoms with Gasteiger partial charge in [-0.3, -0.25) is 28.9 Å². The smallest absolute Gasteiger partial charge is 0.287 e. The molecule has 37 heavy (non-hydrogen) atoms. The number of ketones is 2. The van der Waals surface area contributed by atoms with E-state index in [2.05, 4.69) is 15.3 Å². The number of aromatic amines is 1. The number of hydrogen-bond acceptors (Lipinski definition) is 9. The van der Waals surface area contributed by atoms with Gasteiger partial charge in [0, 0.05) is 30.4 Å². The van der Waals surface area contributed by atoms with Crippen molar-refractivity contribution in [2.75, 3.05) is 6.54 Å². The highest BCUT2D eigenvalue weighted by Crippen LogP contribution is 2.37. The topological polar surface area (TPSA) is 181 Å². The van der Waals surface area contributed by atoms with E-state index in [1.807, 2.05) is 23.1 Å². The van der Waals surface area contributed by atoms with Crippen LogP contribution in [-0.2, 0) is 46.7 Å². The number of hydrogen-bond donors (Lipinski definition) is 4. The minimum Gasteiger partial charge on any atom is -0.369 e. The summed E-state index contributed by atoms with van der Waals surface area (Å²) >= 11 is 1.32. The number of amides is 2. The lowest BCUT2D eigenvalue weighted by molar-refractivity contribution is -0.150. The SMILES string of the molecule is NC(=O)C1Cc2sc3nc(C(=O)NCc4ccc5c(c4)CN(C4C(=O)C(=O)C4N)CC5)[nH]c(=O)c3c2C1. The summed E-state index contributed by atoms with van der Waals surface area (Å²) in [6.45, 7) is 1.37. The quantitative estimate of drug-likeness (QED) is 0.319. The van der Waals surface area contributed by atoms with Crippen LogP contribution in [0.2, 0.25) is 0 Å². The van der Waals surface area contributed by atoms with Crippen LogP contribution in [0.1, 0.15) is 37.7 Å². The molecule has 3 heterocycles. The maximum atomic E-state index is 12.8. The summed E-state index contributed by atoms with van der Waals surface area (Å²) in [6, 6.07) is 4.56. The fraction of sp³-hybridized carbons (Fsp3) is 0.360. The van der Waals surface area contributed by atoms with Crippen molar-refractivity contribution in [2.45, 2.75) is 44.4 Å². The number of primary amides is 1. The van der Waals surface area contributed by atoms with Crippen molar-refractivity contribution in [2.24, 2.45) is 17.4 Å². The van der Waals surface area contributed by atoms with Gasteiger partial charge in [-0.1, -0.05) is 18.2 Å². The monoisotopic (exact) mass is 520 g/mol. The molecule has 0 spiro atoms. The van der Waals surface area contributed by atoms with Crippen LogP contribution < -0.4 is 22.3 Å². The van der Waals surface area contributed by atoms with Gasteiger partial charge in [-0.15, -0.1) is 11.3 Å². The van der Waals surface area contributed by atoms with E-state index in [4.69, 9.17) is 11.5 Å². The lowest BCUT2D eigenvalue weighted by atomic mass is 9.81. The molecule has 1 aliphatic heterocycles. The Balaban J connectivity index is 1.15. The molecule has 0 radical (unpaired) electrons. The van der Waals surface area contributed by atoms with E-state index in [1.54, 1.807) is 0 Å². The van der Waals surface area contributed by atoms with Crippen LogP contribution in [0.4, 0.5) is 0 Å². The zero-order valence-electron chi connectivity index (χ0n) is 19.7. The average molecular weight is 521 g/mol. The van der Waals surface area contributed by atoms with E-state index < -0.39 is 35.1 Å². The van der Waals surface area contributed by atoms with Crippen LogP contribution >= 0.6 is 11.3 Å². The Morgan fingerprint density at radius 3 is 2.73 bits per heavy atom. The van der Waals surface area contributed by atoms with Gasteiger partial charge < -0.3 is 21.8 Å². The minimum absolute atomic E-state index is 0.0739. The molecule has 2 amide bonds. The lowest BCUT2D eigenvalue weighted by Crippen LogP contribution is -2.69. The predicted molar refractivity (Wildman–Crippen MR) is 134 cm³/mol. The number of nitrogens with zero attached hydrogens (tertiary/aromatic N) is 2. The Hall–Kier alpha value is -3.74. The summed E-state index contributed by atoms with van der Waals surface area (Å²) < 4.78 is 0. The second kappa shape index (κ2) is 8.68. The highest BCUT2D eigenvalue weighted by Gasteiger charge is 2.50. The summed E-state index contributed by atoms with van der Waals surface area (Å²) in [5.74, 6) is -2.23. The van der Waals surface area contributed by atoms with Crippen LogP contribution in [0.15, 0.2) is 23.0 Å². The number of Topliss-reactive ketones (excluding diaryl/α,β-unsaturated/α-hetero) is 2. The van der Waals surface area contributed by atoms with Crippen molar-refractivity contribution in [3.8, 4) is 0 Å². The van der Waals surface area contributed by atoms with Gasteiger partial charge in [0.15, 0.2) is 0 Å². The fourth-order valence-corrected chi connectivity index (χ4v) is 6.78.